The van der Waals surface area contributed by atoms with E-state index >= 15 is 0 Å². The summed E-state index contributed by atoms with van der Waals surface area (Å²) in [6.07, 6.45) is 12.9. The summed E-state index contributed by atoms with van der Waals surface area (Å²) in [5.41, 5.74) is 0.406. The smallest absolute Gasteiger partial charge is 0.330 e. The van der Waals surface area contributed by atoms with E-state index < -0.39 is 35.7 Å². The molecule has 2 aliphatic carbocycles. The third-order valence-electron chi connectivity index (χ3n) is 13.8. The van der Waals surface area contributed by atoms with Gasteiger partial charge < -0.3 is 37.9 Å². The van der Waals surface area contributed by atoms with E-state index in [4.69, 9.17) is 42.9 Å². The van der Waals surface area contributed by atoms with Crippen molar-refractivity contribution in [1.29, 1.82) is 0 Å². The summed E-state index contributed by atoms with van der Waals surface area (Å²) in [5.74, 6) is -1.21. The van der Waals surface area contributed by atoms with Crippen LogP contribution in [-0.2, 0) is 38.2 Å². The Kier molecular flexibility index (Phi) is 21.0. The summed E-state index contributed by atoms with van der Waals surface area (Å²) in [7, 11) is 0. The maximum Gasteiger partial charge on any atom is 0.330 e. The fourth-order valence-electron chi connectivity index (χ4n) is 9.39. The van der Waals surface area contributed by atoms with E-state index in [-0.39, 0.29) is 29.5 Å². The van der Waals surface area contributed by atoms with Crippen molar-refractivity contribution in [1.82, 2.24) is 4.98 Å². The highest BCUT2D eigenvalue weighted by atomic mass is 32.1. The number of carbonyl (C=O) groups excluding carboxylic acids is 6. The van der Waals surface area contributed by atoms with E-state index in [9.17, 15) is 28.8 Å². The SMILES string of the molecule is C=CC(=O)OCCCCCCOc1ccc(OC(=O)C2CCC(C(=O)Oc3ccc(OC(=O)C4CCC(C(=O)Oc5ccc(OCCCCCCOC(=O)C=C)cc5)CC4)c4sc(-c5cc6ccccc6s5)nc34)CC2)cc1. The molecule has 2 aromatic heterocycles. The molecule has 0 N–H and O–H groups in total. The quantitative estimate of drug-likeness (QED) is 0.0205. The minimum Gasteiger partial charge on any atom is -0.494 e. The number of ether oxygens (including phenoxy) is 8. The molecule has 15 nitrogen and oxygen atoms in total. The van der Waals surface area contributed by atoms with Crippen molar-refractivity contribution in [2.24, 2.45) is 23.7 Å². The molecule has 0 atom stereocenters. The molecule has 0 saturated heterocycles. The van der Waals surface area contributed by atoms with Gasteiger partial charge in [0.1, 0.15) is 38.2 Å². The Balaban J connectivity index is 0.802. The van der Waals surface area contributed by atoms with Gasteiger partial charge in [0.05, 0.1) is 55.0 Å². The zero-order valence-electron chi connectivity index (χ0n) is 43.7. The monoisotopic (exact) mass is 1100 g/mol. The largest absolute Gasteiger partial charge is 0.494 e. The average molecular weight is 1100 g/mol. The van der Waals surface area contributed by atoms with Crippen molar-refractivity contribution in [3.63, 3.8) is 0 Å². The van der Waals surface area contributed by atoms with Crippen LogP contribution in [0.4, 0.5) is 0 Å². The summed E-state index contributed by atoms with van der Waals surface area (Å²) in [6, 6.07) is 27.3. The number of nitrogens with zero attached hydrogens (tertiary/aromatic N) is 1. The van der Waals surface area contributed by atoms with Crippen LogP contribution in [0, 0.1) is 23.7 Å². The number of benzene rings is 4. The standard InChI is InChI=1S/C61H65NO14S2/c1-3-53(63)71-37-13-7-5-11-35-69-45-25-29-47(30-26-45)73-58(65)40-17-21-42(22-18-40)60(67)75-49-33-34-50(56-55(49)62-57(78-56)52-39-44-15-9-10-16-51(44)77-52)76-61(68)43-23-19-41(20-24-43)59(66)74-48-31-27-46(28-32-48)70-36-12-6-8-14-38-72-54(64)4-2/h3-4,9-10,15-16,25-34,39-43H,1-2,5-8,11-14,17-24,35-38H2. The van der Waals surface area contributed by atoms with E-state index in [0.717, 1.165) is 78.5 Å². The molecule has 2 saturated carbocycles. The van der Waals surface area contributed by atoms with Crippen molar-refractivity contribution >= 4 is 78.8 Å². The van der Waals surface area contributed by atoms with Gasteiger partial charge in [-0.25, -0.2) is 14.6 Å². The maximum absolute atomic E-state index is 13.8. The fraction of sp³-hybridized carbons (Fsp3) is 0.393. The molecular formula is C61H65NO14S2. The second-order valence-corrected chi connectivity index (χ2v) is 21.5. The average Bonchev–Trinajstić information content (AvgIpc) is 4.31. The molecule has 2 aliphatic rings. The topological polar surface area (TPSA) is 189 Å². The third-order valence-corrected chi connectivity index (χ3v) is 16.2. The van der Waals surface area contributed by atoms with E-state index in [2.05, 4.69) is 19.2 Å². The van der Waals surface area contributed by atoms with Gasteiger partial charge in [-0.1, -0.05) is 31.4 Å². The van der Waals surface area contributed by atoms with Crippen molar-refractivity contribution < 1.29 is 66.7 Å². The van der Waals surface area contributed by atoms with Crippen LogP contribution in [0.25, 0.3) is 30.2 Å². The molecule has 78 heavy (non-hydrogen) atoms. The van der Waals surface area contributed by atoms with Gasteiger partial charge in [0, 0.05) is 16.9 Å². The third kappa shape index (κ3) is 16.3. The van der Waals surface area contributed by atoms with Crippen molar-refractivity contribution in [2.45, 2.75) is 103 Å². The summed E-state index contributed by atoms with van der Waals surface area (Å²) in [6.45, 7) is 8.59. The number of hydrogen-bond donors (Lipinski definition) is 0. The van der Waals surface area contributed by atoms with Crippen molar-refractivity contribution in [2.75, 3.05) is 26.4 Å². The number of fused-ring (bicyclic) bond motifs is 2. The number of hydrogen-bond acceptors (Lipinski definition) is 17. The minimum absolute atomic E-state index is 0.256. The lowest BCUT2D eigenvalue weighted by Gasteiger charge is -2.26. The number of thiophene rings is 1. The van der Waals surface area contributed by atoms with Gasteiger partial charge in [0.2, 0.25) is 0 Å². The first-order chi connectivity index (χ1) is 38.0. The number of carbonyl (C=O) groups is 6. The molecule has 0 bridgehead atoms. The van der Waals surface area contributed by atoms with Gasteiger partial charge in [-0.15, -0.1) is 22.7 Å². The second-order valence-electron chi connectivity index (χ2n) is 19.4. The van der Waals surface area contributed by atoms with E-state index in [1.807, 2.05) is 24.3 Å². The van der Waals surface area contributed by atoms with Crippen LogP contribution >= 0.6 is 22.7 Å². The van der Waals surface area contributed by atoms with E-state index in [0.29, 0.717) is 122 Å². The van der Waals surface area contributed by atoms with Crippen molar-refractivity contribution in [3.8, 4) is 44.4 Å². The van der Waals surface area contributed by atoms with Gasteiger partial charge in [-0.05, 0) is 181 Å². The van der Waals surface area contributed by atoms with Gasteiger partial charge >= 0.3 is 35.8 Å². The molecule has 0 amide bonds. The lowest BCUT2D eigenvalue weighted by Crippen LogP contribution is -2.30. The number of thiazole rings is 1. The Morgan fingerprint density at radius 2 is 0.885 bits per heavy atom. The molecule has 0 unspecified atom stereocenters. The summed E-state index contributed by atoms with van der Waals surface area (Å²) < 4.78 is 47.0. The fourth-order valence-corrected chi connectivity index (χ4v) is 11.5. The van der Waals surface area contributed by atoms with E-state index in [1.54, 1.807) is 72.0 Å². The Hall–Kier alpha value is -7.37. The Labute approximate surface area is 461 Å². The highest BCUT2D eigenvalue weighted by Gasteiger charge is 2.35. The first-order valence-corrected chi connectivity index (χ1v) is 28.5. The number of esters is 6. The number of unbranched alkanes of at least 4 members (excludes halogenated alkanes) is 6. The van der Waals surface area contributed by atoms with Crippen LogP contribution < -0.4 is 28.4 Å². The first kappa shape index (κ1) is 56.8. The Bertz CT molecular complexity index is 2820. The van der Waals surface area contributed by atoms with Crippen LogP contribution in [0.1, 0.15) is 103 Å². The summed E-state index contributed by atoms with van der Waals surface area (Å²) in [4.78, 5) is 82.3. The van der Waals surface area contributed by atoms with Crippen LogP contribution in [0.15, 0.2) is 116 Å². The molecule has 6 aromatic rings. The second kappa shape index (κ2) is 28.8. The minimum atomic E-state index is -0.442. The van der Waals surface area contributed by atoms with Gasteiger partial charge in [0.15, 0.2) is 11.5 Å². The molecule has 0 radical (unpaired) electrons. The summed E-state index contributed by atoms with van der Waals surface area (Å²) in [5, 5.41) is 1.77. The van der Waals surface area contributed by atoms with Gasteiger partial charge in [-0.3, -0.25) is 19.2 Å². The molecule has 4 aromatic carbocycles. The van der Waals surface area contributed by atoms with Crippen LogP contribution in [0.2, 0.25) is 0 Å². The molecular weight excluding hydrogens is 1030 g/mol. The van der Waals surface area contributed by atoms with Crippen LogP contribution in [0.5, 0.6) is 34.5 Å². The molecule has 2 heterocycles. The first-order valence-electron chi connectivity index (χ1n) is 26.9. The molecule has 8 rings (SSSR count). The lowest BCUT2D eigenvalue weighted by molar-refractivity contribution is -0.145. The highest BCUT2D eigenvalue weighted by molar-refractivity contribution is 7.28. The molecule has 17 heteroatoms. The molecule has 0 aliphatic heterocycles. The summed E-state index contributed by atoms with van der Waals surface area (Å²) >= 11 is 2.95. The zero-order chi connectivity index (χ0) is 54.6. The molecule has 0 spiro atoms. The molecule has 410 valence electrons. The van der Waals surface area contributed by atoms with Crippen molar-refractivity contribution in [3.05, 3.63) is 116 Å². The van der Waals surface area contributed by atoms with Gasteiger partial charge in [0.25, 0.3) is 0 Å². The van der Waals surface area contributed by atoms with Crippen LogP contribution in [0.3, 0.4) is 0 Å². The Morgan fingerprint density at radius 3 is 1.35 bits per heavy atom. The predicted octanol–water partition coefficient (Wildman–Crippen LogP) is 13.1. The Morgan fingerprint density at radius 1 is 0.474 bits per heavy atom. The normalized spacial score (nSPS) is 17.1. The maximum atomic E-state index is 13.8. The highest BCUT2D eigenvalue weighted by Crippen LogP contribution is 2.45. The number of aromatic nitrogens is 1. The lowest BCUT2D eigenvalue weighted by atomic mass is 9.82. The van der Waals surface area contributed by atoms with E-state index in [1.165, 1.54) is 11.3 Å². The van der Waals surface area contributed by atoms with Gasteiger partial charge in [-0.2, -0.15) is 0 Å². The number of rotatable bonds is 27. The zero-order valence-corrected chi connectivity index (χ0v) is 45.3. The van der Waals surface area contributed by atoms with Crippen LogP contribution in [-0.4, -0.2) is 67.2 Å². The molecule has 2 fully saturated rings. The predicted molar refractivity (Wildman–Crippen MR) is 297 cm³/mol.